The van der Waals surface area contributed by atoms with E-state index in [-0.39, 0.29) is 12.6 Å². The maximum Gasteiger partial charge on any atom is 0.133 e. The number of nitrogens with one attached hydrogen (secondary N) is 1. The highest BCUT2D eigenvalue weighted by molar-refractivity contribution is 5.48. The standard InChI is InChI=1S/C15H25N3O2/c1-12(2)8-16-9-13-4-3-5-17-15(13)18-6-7-20-11-14(18)10-19/h3-5,12,14,16,19H,6-11H2,1-2H3. The van der Waals surface area contributed by atoms with E-state index in [0.717, 1.165) is 25.5 Å². The van der Waals surface area contributed by atoms with E-state index in [0.29, 0.717) is 19.1 Å². The molecule has 1 atom stereocenters. The first-order chi connectivity index (χ1) is 9.72. The fourth-order valence-electron chi connectivity index (χ4n) is 2.41. The van der Waals surface area contributed by atoms with Crippen LogP contribution in [0.5, 0.6) is 0 Å². The molecule has 112 valence electrons. The predicted octanol–water partition coefficient (Wildman–Crippen LogP) is 1.02. The molecule has 0 spiro atoms. The van der Waals surface area contributed by atoms with Crippen molar-refractivity contribution in [3.63, 3.8) is 0 Å². The molecule has 1 aromatic rings. The molecular formula is C15H25N3O2. The van der Waals surface area contributed by atoms with Crippen LogP contribution in [-0.4, -0.2) is 49.0 Å². The molecule has 2 rings (SSSR count). The number of aliphatic hydroxyl groups is 1. The van der Waals surface area contributed by atoms with E-state index < -0.39 is 0 Å². The lowest BCUT2D eigenvalue weighted by Gasteiger charge is -2.36. The Morgan fingerprint density at radius 1 is 1.55 bits per heavy atom. The quantitative estimate of drug-likeness (QED) is 0.814. The Morgan fingerprint density at radius 3 is 3.15 bits per heavy atom. The summed E-state index contributed by atoms with van der Waals surface area (Å²) in [4.78, 5) is 6.68. The van der Waals surface area contributed by atoms with Gasteiger partial charge in [0.15, 0.2) is 0 Å². The van der Waals surface area contributed by atoms with Gasteiger partial charge in [0.1, 0.15) is 5.82 Å². The van der Waals surface area contributed by atoms with Gasteiger partial charge in [0.25, 0.3) is 0 Å². The maximum atomic E-state index is 9.50. The summed E-state index contributed by atoms with van der Waals surface area (Å²) in [7, 11) is 0. The Labute approximate surface area is 121 Å². The molecule has 5 nitrogen and oxygen atoms in total. The third-order valence-corrected chi connectivity index (χ3v) is 3.45. The molecule has 0 radical (unpaired) electrons. The van der Waals surface area contributed by atoms with Gasteiger partial charge in [-0.25, -0.2) is 4.98 Å². The average Bonchev–Trinajstić information content (AvgIpc) is 2.47. The molecule has 0 bridgehead atoms. The van der Waals surface area contributed by atoms with E-state index in [1.807, 2.05) is 12.3 Å². The highest BCUT2D eigenvalue weighted by atomic mass is 16.5. The Bertz CT molecular complexity index is 412. The van der Waals surface area contributed by atoms with E-state index in [4.69, 9.17) is 4.74 Å². The van der Waals surface area contributed by atoms with E-state index >= 15 is 0 Å². The average molecular weight is 279 g/mol. The van der Waals surface area contributed by atoms with Crippen LogP contribution in [0.2, 0.25) is 0 Å². The van der Waals surface area contributed by atoms with Gasteiger partial charge in [-0.2, -0.15) is 0 Å². The van der Waals surface area contributed by atoms with Crippen LogP contribution >= 0.6 is 0 Å². The van der Waals surface area contributed by atoms with Gasteiger partial charge in [0.2, 0.25) is 0 Å². The molecule has 2 N–H and O–H groups in total. The molecular weight excluding hydrogens is 254 g/mol. The number of hydrogen-bond acceptors (Lipinski definition) is 5. The first-order valence-electron chi connectivity index (χ1n) is 7.32. The summed E-state index contributed by atoms with van der Waals surface area (Å²) >= 11 is 0. The minimum Gasteiger partial charge on any atom is -0.394 e. The highest BCUT2D eigenvalue weighted by Crippen LogP contribution is 2.21. The molecule has 20 heavy (non-hydrogen) atoms. The Hall–Kier alpha value is -1.17. The van der Waals surface area contributed by atoms with Crippen molar-refractivity contribution >= 4 is 5.82 Å². The summed E-state index contributed by atoms with van der Waals surface area (Å²) < 4.78 is 5.43. The third-order valence-electron chi connectivity index (χ3n) is 3.45. The van der Waals surface area contributed by atoms with Crippen LogP contribution in [-0.2, 0) is 11.3 Å². The number of nitrogens with zero attached hydrogens (tertiary/aromatic N) is 2. The van der Waals surface area contributed by atoms with Crippen molar-refractivity contribution in [2.24, 2.45) is 5.92 Å². The van der Waals surface area contributed by atoms with Crippen molar-refractivity contribution in [2.75, 3.05) is 37.8 Å². The molecule has 0 amide bonds. The molecule has 1 aliphatic rings. The number of pyridine rings is 1. The molecule has 0 aliphatic carbocycles. The van der Waals surface area contributed by atoms with E-state index in [1.165, 1.54) is 5.56 Å². The molecule has 0 aromatic carbocycles. The van der Waals surface area contributed by atoms with Crippen molar-refractivity contribution in [3.05, 3.63) is 23.9 Å². The predicted molar refractivity (Wildman–Crippen MR) is 79.8 cm³/mol. The van der Waals surface area contributed by atoms with Crippen molar-refractivity contribution in [1.29, 1.82) is 0 Å². The van der Waals surface area contributed by atoms with Crippen molar-refractivity contribution in [2.45, 2.75) is 26.4 Å². The Morgan fingerprint density at radius 2 is 2.40 bits per heavy atom. The molecule has 0 saturated carbocycles. The summed E-state index contributed by atoms with van der Waals surface area (Å²) in [6.07, 6.45) is 1.81. The summed E-state index contributed by atoms with van der Waals surface area (Å²) in [6.45, 7) is 8.30. The molecule has 1 aromatic heterocycles. The van der Waals surface area contributed by atoms with Gasteiger partial charge < -0.3 is 20.1 Å². The maximum absolute atomic E-state index is 9.50. The largest absolute Gasteiger partial charge is 0.394 e. The first kappa shape index (κ1) is 15.2. The fraction of sp³-hybridized carbons (Fsp3) is 0.667. The summed E-state index contributed by atoms with van der Waals surface area (Å²) in [5, 5.41) is 13.0. The number of morpholine rings is 1. The summed E-state index contributed by atoms with van der Waals surface area (Å²) in [5.41, 5.74) is 1.17. The van der Waals surface area contributed by atoms with Crippen molar-refractivity contribution in [3.8, 4) is 0 Å². The zero-order valence-electron chi connectivity index (χ0n) is 12.4. The van der Waals surface area contributed by atoms with Crippen molar-refractivity contribution < 1.29 is 9.84 Å². The number of ether oxygens (including phenoxy) is 1. The second-order valence-corrected chi connectivity index (χ2v) is 5.62. The van der Waals surface area contributed by atoms with Gasteiger partial charge in [-0.1, -0.05) is 19.9 Å². The van der Waals surface area contributed by atoms with Crippen LogP contribution in [0.15, 0.2) is 18.3 Å². The second-order valence-electron chi connectivity index (χ2n) is 5.62. The van der Waals surface area contributed by atoms with Gasteiger partial charge in [0.05, 0.1) is 25.9 Å². The van der Waals surface area contributed by atoms with Gasteiger partial charge in [0, 0.05) is 24.8 Å². The molecule has 1 aliphatic heterocycles. The fourth-order valence-corrected chi connectivity index (χ4v) is 2.41. The van der Waals surface area contributed by atoms with Crippen LogP contribution < -0.4 is 10.2 Å². The van der Waals surface area contributed by atoms with E-state index in [9.17, 15) is 5.11 Å². The number of aliphatic hydroxyl groups excluding tert-OH is 1. The third kappa shape index (κ3) is 3.91. The first-order valence-corrected chi connectivity index (χ1v) is 7.32. The number of rotatable bonds is 6. The smallest absolute Gasteiger partial charge is 0.133 e. The highest BCUT2D eigenvalue weighted by Gasteiger charge is 2.25. The number of hydrogen-bond donors (Lipinski definition) is 2. The van der Waals surface area contributed by atoms with Crippen LogP contribution in [0.1, 0.15) is 19.4 Å². The van der Waals surface area contributed by atoms with Crippen molar-refractivity contribution in [1.82, 2.24) is 10.3 Å². The number of anilines is 1. The molecule has 5 heteroatoms. The van der Waals surface area contributed by atoms with Gasteiger partial charge in [-0.05, 0) is 18.5 Å². The monoisotopic (exact) mass is 279 g/mol. The lowest BCUT2D eigenvalue weighted by Crippen LogP contribution is -2.48. The minimum atomic E-state index is 0.00231. The van der Waals surface area contributed by atoms with Crippen LogP contribution in [0.4, 0.5) is 5.82 Å². The zero-order valence-corrected chi connectivity index (χ0v) is 12.4. The summed E-state index contributed by atoms with van der Waals surface area (Å²) in [5.74, 6) is 1.59. The summed E-state index contributed by atoms with van der Waals surface area (Å²) in [6, 6.07) is 4.06. The SMILES string of the molecule is CC(C)CNCc1cccnc1N1CCOCC1CO. The van der Waals surface area contributed by atoms with E-state index in [2.05, 4.69) is 35.1 Å². The zero-order chi connectivity index (χ0) is 14.4. The van der Waals surface area contributed by atoms with Gasteiger partial charge >= 0.3 is 0 Å². The lowest BCUT2D eigenvalue weighted by atomic mass is 10.1. The molecule has 1 saturated heterocycles. The normalized spacial score (nSPS) is 19.6. The minimum absolute atomic E-state index is 0.00231. The van der Waals surface area contributed by atoms with Crippen LogP contribution in [0.25, 0.3) is 0 Å². The Balaban J connectivity index is 2.09. The second kappa shape index (κ2) is 7.57. The molecule has 2 heterocycles. The topological polar surface area (TPSA) is 57.6 Å². The number of aromatic nitrogens is 1. The Kier molecular flexibility index (Phi) is 5.76. The molecule has 1 unspecified atom stereocenters. The van der Waals surface area contributed by atoms with Crippen LogP contribution in [0.3, 0.4) is 0 Å². The van der Waals surface area contributed by atoms with Gasteiger partial charge in [-0.15, -0.1) is 0 Å². The van der Waals surface area contributed by atoms with E-state index in [1.54, 1.807) is 0 Å². The lowest BCUT2D eigenvalue weighted by molar-refractivity contribution is 0.0722. The molecule has 1 fully saturated rings. The van der Waals surface area contributed by atoms with Gasteiger partial charge in [-0.3, -0.25) is 0 Å². The van der Waals surface area contributed by atoms with Crippen LogP contribution in [0, 0.1) is 5.92 Å².